The molecule has 21 heavy (non-hydrogen) atoms. The molecule has 106 valence electrons. The molecule has 0 saturated carbocycles. The van der Waals surface area contributed by atoms with Crippen molar-refractivity contribution in [1.82, 2.24) is 4.98 Å². The number of hydrogen-bond donors (Lipinski definition) is 2. The van der Waals surface area contributed by atoms with Gasteiger partial charge in [0.2, 0.25) is 0 Å². The maximum absolute atomic E-state index is 12.3. The minimum absolute atomic E-state index is 0.0876. The highest BCUT2D eigenvalue weighted by molar-refractivity contribution is 6.06. The molecule has 3 heteroatoms. The lowest BCUT2D eigenvalue weighted by Gasteiger charge is -2.08. The Morgan fingerprint density at radius 1 is 1.05 bits per heavy atom. The summed E-state index contributed by atoms with van der Waals surface area (Å²) in [6, 6.07) is 15.6. The minimum Gasteiger partial charge on any atom is -0.361 e. The van der Waals surface area contributed by atoms with E-state index in [4.69, 9.17) is 0 Å². The third kappa shape index (κ3) is 2.82. The monoisotopic (exact) mass is 278 g/mol. The number of aromatic nitrogens is 1. The first kappa shape index (κ1) is 13.4. The van der Waals surface area contributed by atoms with Crippen LogP contribution in [-0.2, 0) is 0 Å². The number of nitrogens with one attached hydrogen (secondary N) is 2. The first-order valence-corrected chi connectivity index (χ1v) is 7.12. The van der Waals surface area contributed by atoms with Crippen LogP contribution in [0.1, 0.15) is 35.7 Å². The van der Waals surface area contributed by atoms with Crippen LogP contribution in [0, 0.1) is 0 Å². The van der Waals surface area contributed by atoms with E-state index < -0.39 is 0 Å². The van der Waals surface area contributed by atoms with E-state index in [2.05, 4.69) is 36.3 Å². The molecule has 0 aliphatic carbocycles. The molecule has 3 aromatic rings. The molecule has 0 unspecified atom stereocenters. The molecular weight excluding hydrogens is 260 g/mol. The second-order valence-electron chi connectivity index (χ2n) is 5.51. The lowest BCUT2D eigenvalue weighted by molar-refractivity contribution is 0.102. The second kappa shape index (κ2) is 5.44. The maximum Gasteiger partial charge on any atom is 0.255 e. The van der Waals surface area contributed by atoms with Gasteiger partial charge in [0, 0.05) is 28.4 Å². The highest BCUT2D eigenvalue weighted by atomic mass is 16.1. The summed E-state index contributed by atoms with van der Waals surface area (Å²) in [5, 5.41) is 3.97. The largest absolute Gasteiger partial charge is 0.361 e. The summed E-state index contributed by atoms with van der Waals surface area (Å²) < 4.78 is 0. The number of carbonyl (C=O) groups is 1. The molecule has 1 amide bonds. The van der Waals surface area contributed by atoms with Gasteiger partial charge < -0.3 is 10.3 Å². The molecule has 3 nitrogen and oxygen atoms in total. The van der Waals surface area contributed by atoms with E-state index in [9.17, 15) is 4.79 Å². The van der Waals surface area contributed by atoms with E-state index in [0.29, 0.717) is 11.5 Å². The van der Waals surface area contributed by atoms with Crippen molar-refractivity contribution in [2.24, 2.45) is 0 Å². The van der Waals surface area contributed by atoms with Crippen molar-refractivity contribution >= 4 is 22.5 Å². The first-order valence-electron chi connectivity index (χ1n) is 7.12. The molecule has 3 rings (SSSR count). The van der Waals surface area contributed by atoms with E-state index in [1.807, 2.05) is 42.6 Å². The van der Waals surface area contributed by atoms with Crippen molar-refractivity contribution in [3.8, 4) is 0 Å². The highest BCUT2D eigenvalue weighted by Gasteiger charge is 2.07. The van der Waals surface area contributed by atoms with Crippen molar-refractivity contribution in [1.29, 1.82) is 0 Å². The number of benzene rings is 2. The number of rotatable bonds is 3. The van der Waals surface area contributed by atoms with Crippen LogP contribution in [0.2, 0.25) is 0 Å². The van der Waals surface area contributed by atoms with Crippen LogP contribution in [0.15, 0.2) is 54.7 Å². The molecule has 0 atom stereocenters. The molecule has 2 N–H and O–H groups in total. The number of hydrogen-bond acceptors (Lipinski definition) is 1. The second-order valence-corrected chi connectivity index (χ2v) is 5.51. The summed E-state index contributed by atoms with van der Waals surface area (Å²) in [6.07, 6.45) is 1.87. The van der Waals surface area contributed by atoms with Crippen LogP contribution in [0.4, 0.5) is 5.69 Å². The molecule has 1 aromatic heterocycles. The van der Waals surface area contributed by atoms with Gasteiger partial charge in [0.15, 0.2) is 0 Å². The Morgan fingerprint density at radius 3 is 2.52 bits per heavy atom. The SMILES string of the molecule is CC(C)c1ccc(NC(=O)c2ccc3[nH]ccc3c2)cc1. The molecule has 0 aliphatic rings. The van der Waals surface area contributed by atoms with Gasteiger partial charge in [-0.05, 0) is 47.9 Å². The van der Waals surface area contributed by atoms with E-state index in [0.717, 1.165) is 16.6 Å². The summed E-state index contributed by atoms with van der Waals surface area (Å²) in [5.74, 6) is 0.404. The van der Waals surface area contributed by atoms with Gasteiger partial charge in [0.05, 0.1) is 0 Å². The number of carbonyl (C=O) groups excluding carboxylic acids is 1. The molecular formula is C18H18N2O. The number of fused-ring (bicyclic) bond motifs is 1. The van der Waals surface area contributed by atoms with Gasteiger partial charge in [-0.2, -0.15) is 0 Å². The summed E-state index contributed by atoms with van der Waals surface area (Å²) in [7, 11) is 0. The van der Waals surface area contributed by atoms with Gasteiger partial charge in [0.25, 0.3) is 5.91 Å². The van der Waals surface area contributed by atoms with Gasteiger partial charge in [0.1, 0.15) is 0 Å². The van der Waals surface area contributed by atoms with Crippen molar-refractivity contribution in [2.75, 3.05) is 5.32 Å². The van der Waals surface area contributed by atoms with Gasteiger partial charge >= 0.3 is 0 Å². The molecule has 0 aliphatic heterocycles. The smallest absolute Gasteiger partial charge is 0.255 e. The average molecular weight is 278 g/mol. The Bertz CT molecular complexity index is 769. The van der Waals surface area contributed by atoms with Crippen LogP contribution < -0.4 is 5.32 Å². The number of anilines is 1. The fourth-order valence-electron chi connectivity index (χ4n) is 2.35. The molecule has 0 saturated heterocycles. The summed E-state index contributed by atoms with van der Waals surface area (Å²) >= 11 is 0. The zero-order chi connectivity index (χ0) is 14.8. The van der Waals surface area contributed by atoms with Crippen molar-refractivity contribution in [3.05, 3.63) is 65.9 Å². The summed E-state index contributed by atoms with van der Waals surface area (Å²) in [5.41, 5.74) is 3.78. The Balaban J connectivity index is 1.78. The van der Waals surface area contributed by atoms with E-state index >= 15 is 0 Å². The molecule has 1 heterocycles. The van der Waals surface area contributed by atoms with Gasteiger partial charge in [-0.25, -0.2) is 0 Å². The number of amides is 1. The lowest BCUT2D eigenvalue weighted by Crippen LogP contribution is -2.11. The Kier molecular flexibility index (Phi) is 3.48. The minimum atomic E-state index is -0.0876. The Hall–Kier alpha value is -2.55. The third-order valence-corrected chi connectivity index (χ3v) is 3.65. The Morgan fingerprint density at radius 2 is 1.81 bits per heavy atom. The Labute approximate surface area is 124 Å². The summed E-state index contributed by atoms with van der Waals surface area (Å²) in [4.78, 5) is 15.4. The fraction of sp³-hybridized carbons (Fsp3) is 0.167. The lowest BCUT2D eigenvalue weighted by atomic mass is 10.0. The topological polar surface area (TPSA) is 44.9 Å². The van der Waals surface area contributed by atoms with Crippen molar-refractivity contribution < 1.29 is 4.79 Å². The maximum atomic E-state index is 12.3. The molecule has 0 bridgehead atoms. The van der Waals surface area contributed by atoms with Gasteiger partial charge in [-0.3, -0.25) is 4.79 Å². The average Bonchev–Trinajstić information content (AvgIpc) is 2.95. The normalized spacial score (nSPS) is 11.0. The molecule has 2 aromatic carbocycles. The van der Waals surface area contributed by atoms with Crippen LogP contribution in [0.3, 0.4) is 0 Å². The molecule has 0 fully saturated rings. The van der Waals surface area contributed by atoms with E-state index in [1.54, 1.807) is 0 Å². The zero-order valence-corrected chi connectivity index (χ0v) is 12.2. The predicted octanol–water partition coefficient (Wildman–Crippen LogP) is 4.54. The van der Waals surface area contributed by atoms with Gasteiger partial charge in [-0.1, -0.05) is 26.0 Å². The third-order valence-electron chi connectivity index (χ3n) is 3.65. The number of aromatic amines is 1. The van der Waals surface area contributed by atoms with Crippen LogP contribution in [0.5, 0.6) is 0 Å². The fourth-order valence-corrected chi connectivity index (χ4v) is 2.35. The van der Waals surface area contributed by atoms with Crippen molar-refractivity contribution in [3.63, 3.8) is 0 Å². The predicted molar refractivity (Wildman–Crippen MR) is 86.8 cm³/mol. The highest BCUT2D eigenvalue weighted by Crippen LogP contribution is 2.19. The van der Waals surface area contributed by atoms with E-state index in [-0.39, 0.29) is 5.91 Å². The van der Waals surface area contributed by atoms with Crippen LogP contribution in [-0.4, -0.2) is 10.9 Å². The van der Waals surface area contributed by atoms with Crippen LogP contribution >= 0.6 is 0 Å². The van der Waals surface area contributed by atoms with Crippen molar-refractivity contribution in [2.45, 2.75) is 19.8 Å². The standard InChI is InChI=1S/C18H18N2O/c1-12(2)13-3-6-16(7-4-13)20-18(21)15-5-8-17-14(11-15)9-10-19-17/h3-12,19H,1-2H3,(H,20,21). The molecule has 0 spiro atoms. The first-order chi connectivity index (χ1) is 10.1. The quantitative estimate of drug-likeness (QED) is 0.725. The van der Waals surface area contributed by atoms with Gasteiger partial charge in [-0.15, -0.1) is 0 Å². The van der Waals surface area contributed by atoms with Crippen LogP contribution in [0.25, 0.3) is 10.9 Å². The number of H-pyrrole nitrogens is 1. The van der Waals surface area contributed by atoms with E-state index in [1.165, 1.54) is 5.56 Å². The zero-order valence-electron chi connectivity index (χ0n) is 12.2. The summed E-state index contributed by atoms with van der Waals surface area (Å²) in [6.45, 7) is 4.30. The molecule has 0 radical (unpaired) electrons.